The van der Waals surface area contributed by atoms with Gasteiger partial charge in [-0.3, -0.25) is 9.59 Å². The van der Waals surface area contributed by atoms with Gasteiger partial charge in [0.2, 0.25) is 5.91 Å². The Morgan fingerprint density at radius 2 is 1.89 bits per heavy atom. The predicted molar refractivity (Wildman–Crippen MR) is 144 cm³/mol. The predicted octanol–water partition coefficient (Wildman–Crippen LogP) is 6.08. The van der Waals surface area contributed by atoms with Crippen LogP contribution in [-0.4, -0.2) is 50.0 Å². The molecule has 2 heterocycles. The van der Waals surface area contributed by atoms with E-state index < -0.39 is 0 Å². The van der Waals surface area contributed by atoms with E-state index in [1.54, 1.807) is 36.3 Å². The van der Waals surface area contributed by atoms with Gasteiger partial charge in [-0.2, -0.15) is 0 Å². The van der Waals surface area contributed by atoms with Crippen LogP contribution >= 0.6 is 43.5 Å². The first-order valence-electron chi connectivity index (χ1n) is 10.7. The van der Waals surface area contributed by atoms with Crippen molar-refractivity contribution in [1.82, 2.24) is 4.90 Å². The molecule has 0 radical (unpaired) electrons. The molecular weight excluding hydrogens is 602 g/mol. The van der Waals surface area contributed by atoms with E-state index in [2.05, 4.69) is 42.1 Å². The first kappa shape index (κ1) is 25.3. The summed E-state index contributed by atoms with van der Waals surface area (Å²) in [6.07, 6.45) is 4.62. The number of anilines is 2. The van der Waals surface area contributed by atoms with Crippen LogP contribution in [0.15, 0.2) is 68.2 Å². The van der Waals surface area contributed by atoms with Crippen molar-refractivity contribution in [2.75, 3.05) is 43.5 Å². The number of halogens is 3. The number of ether oxygens (including phenoxy) is 1. The molecule has 0 atom stereocenters. The van der Waals surface area contributed by atoms with E-state index in [0.29, 0.717) is 48.4 Å². The molecule has 1 aromatic heterocycles. The average molecular weight is 624 g/mol. The van der Waals surface area contributed by atoms with Crippen molar-refractivity contribution < 1.29 is 18.7 Å². The van der Waals surface area contributed by atoms with Crippen molar-refractivity contribution in [2.45, 2.75) is 0 Å². The van der Waals surface area contributed by atoms with Gasteiger partial charge in [0.05, 0.1) is 28.6 Å². The Morgan fingerprint density at radius 3 is 2.54 bits per heavy atom. The van der Waals surface area contributed by atoms with Crippen molar-refractivity contribution in [2.24, 2.45) is 0 Å². The van der Waals surface area contributed by atoms with Crippen LogP contribution in [0.25, 0.3) is 6.08 Å². The topological polar surface area (TPSA) is 75.0 Å². The summed E-state index contributed by atoms with van der Waals surface area (Å²) >= 11 is 13.4. The highest BCUT2D eigenvalue weighted by Crippen LogP contribution is 2.34. The monoisotopic (exact) mass is 621 g/mol. The van der Waals surface area contributed by atoms with Gasteiger partial charge in [0, 0.05) is 48.0 Å². The highest BCUT2D eigenvalue weighted by molar-refractivity contribution is 9.11. The Bertz CT molecular complexity index is 1260. The molecule has 1 N–H and O–H groups in total. The maximum absolute atomic E-state index is 12.5. The number of methoxy groups -OCH3 is 1. The molecule has 0 bridgehead atoms. The average Bonchev–Trinajstić information content (AvgIpc) is 3.37. The molecule has 182 valence electrons. The van der Waals surface area contributed by atoms with Gasteiger partial charge in [-0.1, -0.05) is 27.5 Å². The van der Waals surface area contributed by atoms with Crippen LogP contribution < -0.4 is 15.0 Å². The third-order valence-corrected chi connectivity index (χ3v) is 6.86. The Kier molecular flexibility index (Phi) is 8.20. The minimum absolute atomic E-state index is 0.111. The summed E-state index contributed by atoms with van der Waals surface area (Å²) in [6.45, 7) is 2.41. The second-order valence-electron chi connectivity index (χ2n) is 7.76. The second kappa shape index (κ2) is 11.3. The second-order valence-corrected chi connectivity index (χ2v) is 9.93. The molecule has 0 spiro atoms. The van der Waals surface area contributed by atoms with Gasteiger partial charge in [-0.25, -0.2) is 0 Å². The minimum Gasteiger partial charge on any atom is -0.495 e. The van der Waals surface area contributed by atoms with Crippen LogP contribution in [0.2, 0.25) is 5.02 Å². The lowest BCUT2D eigenvalue weighted by atomic mass is 10.2. The summed E-state index contributed by atoms with van der Waals surface area (Å²) in [5.41, 5.74) is 2.19. The summed E-state index contributed by atoms with van der Waals surface area (Å²) in [5.74, 6) is 0.573. The minimum atomic E-state index is -0.294. The summed E-state index contributed by atoms with van der Waals surface area (Å²) in [7, 11) is 1.58. The quantitative estimate of drug-likeness (QED) is 0.337. The number of benzene rings is 2. The summed E-state index contributed by atoms with van der Waals surface area (Å²) in [5, 5.41) is 3.35. The fraction of sp³-hybridized carbons (Fsp3) is 0.200. The van der Waals surface area contributed by atoms with E-state index in [-0.39, 0.29) is 11.8 Å². The van der Waals surface area contributed by atoms with Crippen molar-refractivity contribution in [3.63, 3.8) is 0 Å². The fourth-order valence-corrected chi connectivity index (χ4v) is 5.54. The molecule has 1 saturated heterocycles. The molecule has 0 unspecified atom stereocenters. The molecule has 0 saturated carbocycles. The number of furan rings is 1. The van der Waals surface area contributed by atoms with Crippen LogP contribution in [0.1, 0.15) is 16.1 Å². The van der Waals surface area contributed by atoms with Crippen molar-refractivity contribution in [3.8, 4) is 5.75 Å². The molecule has 35 heavy (non-hydrogen) atoms. The lowest BCUT2D eigenvalue weighted by molar-refractivity contribution is -0.111. The summed E-state index contributed by atoms with van der Waals surface area (Å²) in [6, 6.07) is 12.5. The number of nitrogens with one attached hydrogen (secondary N) is 1. The normalized spacial score (nSPS) is 13.8. The van der Waals surface area contributed by atoms with E-state index in [4.69, 9.17) is 20.8 Å². The molecule has 3 aromatic rings. The zero-order valence-electron chi connectivity index (χ0n) is 18.8. The van der Waals surface area contributed by atoms with Crippen molar-refractivity contribution in [1.29, 1.82) is 0 Å². The number of carbonyl (C=O) groups is 2. The molecule has 4 rings (SSSR count). The molecule has 10 heteroatoms. The first-order chi connectivity index (χ1) is 16.9. The molecular formula is C25H22Br2ClN3O4. The zero-order chi connectivity index (χ0) is 24.9. The zero-order valence-corrected chi connectivity index (χ0v) is 22.7. The van der Waals surface area contributed by atoms with Crippen LogP contribution in [0.5, 0.6) is 5.75 Å². The number of rotatable bonds is 6. The van der Waals surface area contributed by atoms with E-state index in [1.165, 1.54) is 12.3 Å². The number of piperazine rings is 1. The first-order valence-corrected chi connectivity index (χ1v) is 12.7. The molecule has 1 fully saturated rings. The largest absolute Gasteiger partial charge is 0.495 e. The molecule has 2 amide bonds. The number of hydrogen-bond donors (Lipinski definition) is 1. The molecule has 0 aliphatic carbocycles. The maximum atomic E-state index is 12.5. The summed E-state index contributed by atoms with van der Waals surface area (Å²) < 4.78 is 12.3. The van der Waals surface area contributed by atoms with Crippen LogP contribution in [0.3, 0.4) is 0 Å². The highest BCUT2D eigenvalue weighted by atomic mass is 79.9. The van der Waals surface area contributed by atoms with E-state index in [1.807, 2.05) is 24.3 Å². The maximum Gasteiger partial charge on any atom is 0.289 e. The van der Waals surface area contributed by atoms with Gasteiger partial charge >= 0.3 is 0 Å². The number of amides is 2. The van der Waals surface area contributed by atoms with E-state index in [9.17, 15) is 9.59 Å². The number of carbonyl (C=O) groups excluding carboxylic acids is 2. The Hall–Kier alpha value is -2.75. The molecule has 7 nitrogen and oxygen atoms in total. The lowest BCUT2D eigenvalue weighted by Gasteiger charge is -2.36. The summed E-state index contributed by atoms with van der Waals surface area (Å²) in [4.78, 5) is 28.8. The molecule has 1 aliphatic rings. The lowest BCUT2D eigenvalue weighted by Crippen LogP contribution is -2.48. The van der Waals surface area contributed by atoms with Gasteiger partial charge in [0.25, 0.3) is 5.91 Å². The Morgan fingerprint density at radius 1 is 1.11 bits per heavy atom. The van der Waals surface area contributed by atoms with Crippen LogP contribution in [0.4, 0.5) is 11.4 Å². The number of nitrogens with zero attached hydrogens (tertiary/aromatic N) is 2. The SMILES string of the molecule is COc1c(Br)cc(Br)cc1/C=C/C(=O)Nc1ccc(N2CCN(C(=O)c3ccco3)CC2)c(Cl)c1. The van der Waals surface area contributed by atoms with Gasteiger partial charge < -0.3 is 24.3 Å². The van der Waals surface area contributed by atoms with Gasteiger partial charge in [0.15, 0.2) is 5.76 Å². The van der Waals surface area contributed by atoms with Gasteiger partial charge in [-0.05, 0) is 64.5 Å². The third-order valence-electron chi connectivity index (χ3n) is 5.51. The van der Waals surface area contributed by atoms with Crippen molar-refractivity contribution >= 4 is 72.7 Å². The van der Waals surface area contributed by atoms with E-state index >= 15 is 0 Å². The third kappa shape index (κ3) is 6.09. The number of hydrogen-bond acceptors (Lipinski definition) is 5. The fourth-order valence-electron chi connectivity index (χ4n) is 3.82. The van der Waals surface area contributed by atoms with Crippen LogP contribution in [0, 0.1) is 0 Å². The standard InChI is InChI=1S/C25H22Br2ClN3O4/c1-34-24-16(13-17(26)14-19(24)27)4-7-23(32)29-18-5-6-21(20(28)15-18)30-8-10-31(11-9-30)25(33)22-3-2-12-35-22/h2-7,12-15H,8-11H2,1H3,(H,29,32)/b7-4+. The van der Waals surface area contributed by atoms with Gasteiger partial charge in [-0.15, -0.1) is 0 Å². The Balaban J connectivity index is 1.37. The molecule has 1 aliphatic heterocycles. The van der Waals surface area contributed by atoms with Gasteiger partial charge in [0.1, 0.15) is 5.75 Å². The van der Waals surface area contributed by atoms with Crippen LogP contribution in [-0.2, 0) is 4.79 Å². The smallest absolute Gasteiger partial charge is 0.289 e. The van der Waals surface area contributed by atoms with Crippen molar-refractivity contribution in [3.05, 3.63) is 80.1 Å². The highest BCUT2D eigenvalue weighted by Gasteiger charge is 2.24. The molecule has 2 aromatic carbocycles. The Labute approximate surface area is 224 Å². The van der Waals surface area contributed by atoms with E-state index in [0.717, 1.165) is 20.2 Å².